The summed E-state index contributed by atoms with van der Waals surface area (Å²) in [4.78, 5) is -0.0457. The molecular formula is C17H23NaO3S. The van der Waals surface area contributed by atoms with Crippen LogP contribution in [0.15, 0.2) is 47.4 Å². The Labute approximate surface area is 151 Å². The van der Waals surface area contributed by atoms with Crippen LogP contribution < -0.4 is 0 Å². The van der Waals surface area contributed by atoms with Crippen molar-refractivity contribution in [3.63, 3.8) is 0 Å². The Morgan fingerprint density at radius 3 is 2.23 bits per heavy atom. The summed E-state index contributed by atoms with van der Waals surface area (Å²) in [6.45, 7) is 2.26. The van der Waals surface area contributed by atoms with Crippen LogP contribution in [-0.2, 0) is 10.1 Å². The van der Waals surface area contributed by atoms with Gasteiger partial charge in [-0.25, -0.2) is 0 Å². The van der Waals surface area contributed by atoms with Crippen LogP contribution in [0, 0.1) is 0 Å². The third-order valence-electron chi connectivity index (χ3n) is 3.48. The normalized spacial score (nSPS) is 11.1. The second kappa shape index (κ2) is 10.4. The maximum absolute atomic E-state index is 11.0. The molecule has 0 saturated heterocycles. The number of hydrogen-bond donors (Lipinski definition) is 1. The monoisotopic (exact) mass is 330 g/mol. The number of benzene rings is 2. The minimum Gasteiger partial charge on any atom is -0.282 e. The smallest absolute Gasteiger partial charge is 0.282 e. The molecule has 116 valence electrons. The van der Waals surface area contributed by atoms with Crippen LogP contribution in [0.25, 0.3) is 10.8 Å². The van der Waals surface area contributed by atoms with E-state index in [4.69, 9.17) is 4.55 Å². The van der Waals surface area contributed by atoms with E-state index in [0.717, 1.165) is 5.39 Å². The largest absolute Gasteiger partial charge is 0.295 e. The van der Waals surface area contributed by atoms with E-state index < -0.39 is 10.1 Å². The molecular weight excluding hydrogens is 307 g/mol. The molecule has 5 heteroatoms. The third kappa shape index (κ3) is 6.80. The molecule has 2 rings (SSSR count). The second-order valence-electron chi connectivity index (χ2n) is 5.37. The molecule has 0 heterocycles. The fraction of sp³-hybridized carbons (Fsp3) is 0.412. The zero-order valence-electron chi connectivity index (χ0n) is 13.5. The molecule has 0 radical (unpaired) electrons. The molecule has 22 heavy (non-hydrogen) atoms. The second-order valence-corrected chi connectivity index (χ2v) is 7.76. The van der Waals surface area contributed by atoms with Crippen molar-refractivity contribution in [2.45, 2.75) is 47.6 Å². The topological polar surface area (TPSA) is 54.4 Å². The number of rotatable bonds is 6. The maximum atomic E-state index is 11.0. The van der Waals surface area contributed by atoms with Crippen molar-refractivity contribution >= 4 is 48.8 Å². The first kappa shape index (κ1) is 19.7. The van der Waals surface area contributed by atoms with Gasteiger partial charge in [0.15, 0.2) is 0 Å². The molecule has 0 saturated carbocycles. The number of fused-ring (bicyclic) bond motifs is 1. The summed E-state index contributed by atoms with van der Waals surface area (Å²) in [5, 5.41) is 1.33. The van der Waals surface area contributed by atoms with Crippen molar-refractivity contribution in [2.24, 2.45) is 0 Å². The Bertz CT molecular complexity index is 657. The third-order valence-corrected chi connectivity index (χ3v) is 5.10. The molecule has 0 bridgehead atoms. The zero-order chi connectivity index (χ0) is 16.4. The van der Waals surface area contributed by atoms with Gasteiger partial charge in [0.2, 0.25) is 0 Å². The van der Waals surface area contributed by atoms with Crippen LogP contribution in [0.4, 0.5) is 0 Å². The average Bonchev–Trinajstić information content (AvgIpc) is 2.51. The molecule has 0 unspecified atom stereocenters. The van der Waals surface area contributed by atoms with Gasteiger partial charge in [0.05, 0.1) is 0 Å². The molecule has 0 fully saturated rings. The van der Waals surface area contributed by atoms with E-state index in [1.165, 1.54) is 69.8 Å². The Kier molecular flexibility index (Phi) is 9.29. The van der Waals surface area contributed by atoms with Gasteiger partial charge in [-0.05, 0) is 11.5 Å². The van der Waals surface area contributed by atoms with E-state index in [1.54, 1.807) is 30.3 Å². The first-order valence-corrected chi connectivity index (χ1v) is 10.8. The molecule has 2 aromatic carbocycles. The first-order valence-electron chi connectivity index (χ1n) is 7.96. The van der Waals surface area contributed by atoms with Crippen molar-refractivity contribution in [1.29, 1.82) is 0 Å². The molecule has 1 N–H and O–H groups in total. The SMILES string of the molecule is CCCCCC[CH2][Na].O=S(=O)(O)c1cccc2ccccc12. The molecule has 0 spiro atoms. The Hall–Kier alpha value is -0.390. The van der Waals surface area contributed by atoms with Crippen molar-refractivity contribution in [3.8, 4) is 0 Å². The molecule has 0 aromatic heterocycles. The van der Waals surface area contributed by atoms with E-state index in [-0.39, 0.29) is 4.90 Å². The van der Waals surface area contributed by atoms with E-state index in [0.29, 0.717) is 5.39 Å². The summed E-state index contributed by atoms with van der Waals surface area (Å²) in [7, 11) is -4.13. The standard InChI is InChI=1S/C10H8O3S.C7H15.Na/c11-14(12,13)10-7-3-5-8-4-1-2-6-9(8)10;1-3-5-7-6-4-2;/h1-7H,(H,11,12,13);1,3-7H2,2H3;. The van der Waals surface area contributed by atoms with Crippen LogP contribution in [-0.4, -0.2) is 40.9 Å². The van der Waals surface area contributed by atoms with Crippen LogP contribution in [0.5, 0.6) is 0 Å². The Morgan fingerprint density at radius 2 is 1.59 bits per heavy atom. The van der Waals surface area contributed by atoms with Crippen LogP contribution in [0.2, 0.25) is 3.67 Å². The predicted octanol–water partition coefficient (Wildman–Crippen LogP) is 4.63. The molecule has 2 aromatic rings. The fourth-order valence-electron chi connectivity index (χ4n) is 2.27. The maximum Gasteiger partial charge on any atom is 0.295 e. The van der Waals surface area contributed by atoms with Crippen LogP contribution in [0.1, 0.15) is 39.0 Å². The summed E-state index contributed by atoms with van der Waals surface area (Å²) in [5.41, 5.74) is 0. The summed E-state index contributed by atoms with van der Waals surface area (Å²) in [6.07, 6.45) is 7.27. The van der Waals surface area contributed by atoms with Gasteiger partial charge in [0.1, 0.15) is 4.90 Å². The van der Waals surface area contributed by atoms with Crippen molar-refractivity contribution in [2.75, 3.05) is 0 Å². The molecule has 0 amide bonds. The quantitative estimate of drug-likeness (QED) is 0.477. The molecule has 0 aliphatic carbocycles. The van der Waals surface area contributed by atoms with E-state index in [9.17, 15) is 8.42 Å². The van der Waals surface area contributed by atoms with E-state index >= 15 is 0 Å². The first-order chi connectivity index (χ1) is 10.5. The van der Waals surface area contributed by atoms with Gasteiger partial charge >= 0.3 is 70.6 Å². The van der Waals surface area contributed by atoms with Gasteiger partial charge in [-0.3, -0.25) is 4.55 Å². The van der Waals surface area contributed by atoms with Crippen LogP contribution >= 0.6 is 0 Å². The van der Waals surface area contributed by atoms with Gasteiger partial charge in [-0.2, -0.15) is 8.42 Å². The van der Waals surface area contributed by atoms with Gasteiger partial charge in [0.25, 0.3) is 10.1 Å². The van der Waals surface area contributed by atoms with Crippen molar-refractivity contribution < 1.29 is 13.0 Å². The van der Waals surface area contributed by atoms with Crippen molar-refractivity contribution in [1.82, 2.24) is 0 Å². The molecule has 3 nitrogen and oxygen atoms in total. The molecule has 0 aliphatic heterocycles. The number of unbranched alkanes of at least 4 members (excludes halogenated alkanes) is 4. The average molecular weight is 330 g/mol. The minimum absolute atomic E-state index is 0.0457. The Morgan fingerprint density at radius 1 is 0.955 bits per heavy atom. The summed E-state index contributed by atoms with van der Waals surface area (Å²) < 4.78 is 32.5. The minimum atomic E-state index is -4.13. The van der Waals surface area contributed by atoms with Gasteiger partial charge in [-0.15, -0.1) is 0 Å². The molecule has 0 atom stereocenters. The van der Waals surface area contributed by atoms with E-state index in [1.807, 2.05) is 6.07 Å². The fourth-order valence-corrected chi connectivity index (χ4v) is 3.49. The summed E-state index contributed by atoms with van der Waals surface area (Å²) >= 11 is 1.41. The molecule has 0 aliphatic rings. The van der Waals surface area contributed by atoms with Crippen LogP contribution in [0.3, 0.4) is 0 Å². The van der Waals surface area contributed by atoms with Crippen molar-refractivity contribution in [3.05, 3.63) is 42.5 Å². The number of hydrogen-bond acceptors (Lipinski definition) is 2. The summed E-state index contributed by atoms with van der Waals surface area (Å²) in [5.74, 6) is 0. The van der Waals surface area contributed by atoms with Gasteiger partial charge < -0.3 is 0 Å². The summed E-state index contributed by atoms with van der Waals surface area (Å²) in [6, 6.07) is 11.8. The zero-order valence-corrected chi connectivity index (χ0v) is 16.3. The van der Waals surface area contributed by atoms with Gasteiger partial charge in [0, 0.05) is 5.39 Å². The van der Waals surface area contributed by atoms with Gasteiger partial charge in [-0.1, -0.05) is 36.4 Å². The Balaban J connectivity index is 0.000000261. The predicted molar refractivity (Wildman–Crippen MR) is 93.1 cm³/mol. The van der Waals surface area contributed by atoms with E-state index in [2.05, 4.69) is 6.92 Å².